The highest BCUT2D eigenvalue weighted by Gasteiger charge is 2.22. The number of anilines is 2. The van der Waals surface area contributed by atoms with Crippen molar-refractivity contribution in [2.24, 2.45) is 0 Å². The standard InChI is InChI=1S/C15H22N2O2/c1-3-19-15(18)11-8-9-13(16)14(10-11)17(2)12-6-4-5-7-12/h8-10,12H,3-7,16H2,1-2H3. The molecule has 4 nitrogen and oxygen atoms in total. The van der Waals surface area contributed by atoms with Crippen molar-refractivity contribution in [3.05, 3.63) is 23.8 Å². The molecule has 1 aromatic rings. The molecule has 1 saturated carbocycles. The van der Waals surface area contributed by atoms with Gasteiger partial charge in [0.25, 0.3) is 0 Å². The molecule has 1 aromatic carbocycles. The molecule has 0 saturated heterocycles. The minimum atomic E-state index is -0.288. The third-order valence-electron chi connectivity index (χ3n) is 3.79. The molecule has 1 aliphatic carbocycles. The molecule has 4 heteroatoms. The molecule has 0 unspecified atom stereocenters. The second kappa shape index (κ2) is 5.95. The Bertz CT molecular complexity index is 453. The van der Waals surface area contributed by atoms with Crippen LogP contribution in [0.15, 0.2) is 18.2 Å². The maximum absolute atomic E-state index is 11.8. The highest BCUT2D eigenvalue weighted by Crippen LogP contribution is 2.31. The topological polar surface area (TPSA) is 55.6 Å². The first-order chi connectivity index (χ1) is 9.13. The average Bonchev–Trinajstić information content (AvgIpc) is 2.92. The molecule has 0 atom stereocenters. The highest BCUT2D eigenvalue weighted by atomic mass is 16.5. The number of nitrogens with zero attached hydrogens (tertiary/aromatic N) is 1. The number of hydrogen-bond donors (Lipinski definition) is 1. The predicted molar refractivity (Wildman–Crippen MR) is 77.5 cm³/mol. The first kappa shape index (κ1) is 13.7. The van der Waals surface area contributed by atoms with E-state index in [0.717, 1.165) is 5.69 Å². The summed E-state index contributed by atoms with van der Waals surface area (Å²) in [4.78, 5) is 14.0. The van der Waals surface area contributed by atoms with Crippen LogP contribution in [0.3, 0.4) is 0 Å². The number of ether oxygens (including phenoxy) is 1. The van der Waals surface area contributed by atoms with E-state index in [2.05, 4.69) is 11.9 Å². The third kappa shape index (κ3) is 3.00. The number of esters is 1. The van der Waals surface area contributed by atoms with Gasteiger partial charge in [-0.1, -0.05) is 12.8 Å². The zero-order valence-electron chi connectivity index (χ0n) is 11.7. The lowest BCUT2D eigenvalue weighted by atomic mass is 10.1. The molecule has 0 radical (unpaired) electrons. The first-order valence-corrected chi connectivity index (χ1v) is 6.93. The maximum Gasteiger partial charge on any atom is 0.338 e. The second-order valence-electron chi connectivity index (χ2n) is 5.04. The molecule has 1 fully saturated rings. The van der Waals surface area contributed by atoms with Crippen molar-refractivity contribution in [2.45, 2.75) is 38.6 Å². The van der Waals surface area contributed by atoms with E-state index >= 15 is 0 Å². The number of benzene rings is 1. The summed E-state index contributed by atoms with van der Waals surface area (Å²) in [5.74, 6) is -0.288. The van der Waals surface area contributed by atoms with Crippen LogP contribution in [-0.4, -0.2) is 25.7 Å². The summed E-state index contributed by atoms with van der Waals surface area (Å²) in [6.45, 7) is 2.19. The van der Waals surface area contributed by atoms with Gasteiger partial charge in [0, 0.05) is 13.1 Å². The lowest BCUT2D eigenvalue weighted by Crippen LogP contribution is -2.29. The summed E-state index contributed by atoms with van der Waals surface area (Å²) in [6.07, 6.45) is 4.93. The van der Waals surface area contributed by atoms with E-state index in [0.29, 0.717) is 23.9 Å². The molecule has 1 aliphatic rings. The molecule has 2 N–H and O–H groups in total. The van der Waals surface area contributed by atoms with Gasteiger partial charge in [-0.3, -0.25) is 0 Å². The van der Waals surface area contributed by atoms with E-state index in [1.54, 1.807) is 19.1 Å². The lowest BCUT2D eigenvalue weighted by molar-refractivity contribution is 0.0526. The van der Waals surface area contributed by atoms with Crippen LogP contribution in [0.1, 0.15) is 43.0 Å². The summed E-state index contributed by atoms with van der Waals surface area (Å²) in [7, 11) is 2.05. The van der Waals surface area contributed by atoms with Gasteiger partial charge in [-0.05, 0) is 38.0 Å². The Balaban J connectivity index is 2.23. The molecule has 0 spiro atoms. The van der Waals surface area contributed by atoms with Crippen LogP contribution in [0.4, 0.5) is 11.4 Å². The van der Waals surface area contributed by atoms with Gasteiger partial charge in [0.1, 0.15) is 0 Å². The zero-order chi connectivity index (χ0) is 13.8. The fourth-order valence-corrected chi connectivity index (χ4v) is 2.68. The summed E-state index contributed by atoms with van der Waals surface area (Å²) in [6, 6.07) is 5.87. The lowest BCUT2D eigenvalue weighted by Gasteiger charge is -2.28. The molecule has 0 heterocycles. The Hall–Kier alpha value is -1.71. The Morgan fingerprint density at radius 1 is 1.42 bits per heavy atom. The summed E-state index contributed by atoms with van der Waals surface area (Å²) in [5.41, 5.74) is 8.24. The second-order valence-corrected chi connectivity index (χ2v) is 5.04. The molecular formula is C15H22N2O2. The Morgan fingerprint density at radius 3 is 2.74 bits per heavy atom. The minimum absolute atomic E-state index is 0.288. The molecule has 104 valence electrons. The first-order valence-electron chi connectivity index (χ1n) is 6.93. The molecule has 2 rings (SSSR count). The largest absolute Gasteiger partial charge is 0.462 e. The van der Waals surface area contributed by atoms with Crippen molar-refractivity contribution < 1.29 is 9.53 Å². The van der Waals surface area contributed by atoms with E-state index in [1.165, 1.54) is 25.7 Å². The van der Waals surface area contributed by atoms with Crippen molar-refractivity contribution >= 4 is 17.3 Å². The molecule has 19 heavy (non-hydrogen) atoms. The van der Waals surface area contributed by atoms with Crippen LogP contribution in [-0.2, 0) is 4.74 Å². The van der Waals surface area contributed by atoms with Crippen LogP contribution < -0.4 is 10.6 Å². The number of nitrogens with two attached hydrogens (primary N) is 1. The van der Waals surface area contributed by atoms with Gasteiger partial charge in [-0.15, -0.1) is 0 Å². The Morgan fingerprint density at radius 2 is 2.11 bits per heavy atom. The average molecular weight is 262 g/mol. The van der Waals surface area contributed by atoms with Crippen molar-refractivity contribution in [2.75, 3.05) is 24.3 Å². The van der Waals surface area contributed by atoms with Gasteiger partial charge in [0.2, 0.25) is 0 Å². The van der Waals surface area contributed by atoms with Crippen molar-refractivity contribution in [1.82, 2.24) is 0 Å². The van der Waals surface area contributed by atoms with Crippen LogP contribution >= 0.6 is 0 Å². The maximum atomic E-state index is 11.8. The van der Waals surface area contributed by atoms with E-state index in [9.17, 15) is 4.79 Å². The summed E-state index contributed by atoms with van der Waals surface area (Å²) >= 11 is 0. The molecular weight excluding hydrogens is 240 g/mol. The van der Waals surface area contributed by atoms with Crippen LogP contribution in [0.2, 0.25) is 0 Å². The number of nitrogen functional groups attached to an aromatic ring is 1. The van der Waals surface area contributed by atoms with E-state index in [-0.39, 0.29) is 5.97 Å². The number of carbonyl (C=O) groups excluding carboxylic acids is 1. The van der Waals surface area contributed by atoms with E-state index < -0.39 is 0 Å². The number of hydrogen-bond acceptors (Lipinski definition) is 4. The van der Waals surface area contributed by atoms with Gasteiger partial charge in [-0.2, -0.15) is 0 Å². The van der Waals surface area contributed by atoms with Gasteiger partial charge in [0.15, 0.2) is 0 Å². The van der Waals surface area contributed by atoms with Crippen LogP contribution in [0, 0.1) is 0 Å². The number of rotatable bonds is 4. The minimum Gasteiger partial charge on any atom is -0.462 e. The summed E-state index contributed by atoms with van der Waals surface area (Å²) < 4.78 is 5.03. The fourth-order valence-electron chi connectivity index (χ4n) is 2.68. The Labute approximate surface area is 114 Å². The van der Waals surface area contributed by atoms with Gasteiger partial charge < -0.3 is 15.4 Å². The predicted octanol–water partition coefficient (Wildman–Crippen LogP) is 2.82. The van der Waals surface area contributed by atoms with Gasteiger partial charge >= 0.3 is 5.97 Å². The number of carbonyl (C=O) groups is 1. The zero-order valence-corrected chi connectivity index (χ0v) is 11.7. The molecule has 0 aromatic heterocycles. The fraction of sp³-hybridized carbons (Fsp3) is 0.533. The van der Waals surface area contributed by atoms with Gasteiger partial charge in [-0.25, -0.2) is 4.79 Å². The SMILES string of the molecule is CCOC(=O)c1ccc(N)c(N(C)C2CCCC2)c1. The molecule has 0 aliphatic heterocycles. The highest BCUT2D eigenvalue weighted by molar-refractivity contribution is 5.92. The smallest absolute Gasteiger partial charge is 0.338 e. The summed E-state index contributed by atoms with van der Waals surface area (Å²) in [5, 5.41) is 0. The normalized spacial score (nSPS) is 15.5. The van der Waals surface area contributed by atoms with E-state index in [1.807, 2.05) is 6.07 Å². The van der Waals surface area contributed by atoms with Crippen LogP contribution in [0.5, 0.6) is 0 Å². The van der Waals surface area contributed by atoms with Gasteiger partial charge in [0.05, 0.1) is 23.5 Å². The molecule has 0 amide bonds. The van der Waals surface area contributed by atoms with E-state index in [4.69, 9.17) is 10.5 Å². The van der Waals surface area contributed by atoms with Crippen LogP contribution in [0.25, 0.3) is 0 Å². The quantitative estimate of drug-likeness (QED) is 0.669. The Kier molecular flexibility index (Phi) is 4.30. The third-order valence-corrected chi connectivity index (χ3v) is 3.79. The van der Waals surface area contributed by atoms with Crippen molar-refractivity contribution in [3.63, 3.8) is 0 Å². The molecule has 0 bridgehead atoms. The van der Waals surface area contributed by atoms with Crippen molar-refractivity contribution in [3.8, 4) is 0 Å². The van der Waals surface area contributed by atoms with Crippen molar-refractivity contribution in [1.29, 1.82) is 0 Å². The monoisotopic (exact) mass is 262 g/mol.